The zero-order valence-electron chi connectivity index (χ0n) is 15.7. The topological polar surface area (TPSA) is 45.6 Å². The van der Waals surface area contributed by atoms with Crippen molar-refractivity contribution in [3.63, 3.8) is 0 Å². The molecule has 5 heteroatoms. The number of thiazole rings is 1. The Morgan fingerprint density at radius 3 is 2.33 bits per heavy atom. The zero-order chi connectivity index (χ0) is 18.1. The second-order valence-corrected chi connectivity index (χ2v) is 8.23. The molecule has 1 heterocycles. The minimum Gasteiger partial charge on any atom is -0.496 e. The summed E-state index contributed by atoms with van der Waals surface area (Å²) >= 11 is 1.57. The van der Waals surface area contributed by atoms with E-state index in [2.05, 4.69) is 37.9 Å². The van der Waals surface area contributed by atoms with E-state index >= 15 is 0 Å². The maximum Gasteiger partial charge on any atom is 0.125 e. The number of nitrogens with zero attached hydrogens (tertiary/aromatic N) is 2. The number of aliphatic hydroxyl groups is 1. The predicted octanol–water partition coefficient (Wildman–Crippen LogP) is 3.56. The third-order valence-electron chi connectivity index (χ3n) is 4.48. The average Bonchev–Trinajstić information content (AvgIpc) is 2.94. The smallest absolute Gasteiger partial charge is 0.125 e. The van der Waals surface area contributed by atoms with Crippen molar-refractivity contribution in [2.45, 2.75) is 38.6 Å². The molecule has 1 aromatic heterocycles. The lowest BCUT2D eigenvalue weighted by molar-refractivity contribution is 0.0980. The highest BCUT2D eigenvalue weighted by atomic mass is 32.1. The molecule has 0 amide bonds. The third-order valence-corrected chi connectivity index (χ3v) is 5.59. The summed E-state index contributed by atoms with van der Waals surface area (Å²) in [7, 11) is 5.60. The number of methoxy groups -OCH3 is 1. The molecule has 0 radical (unpaired) electrons. The molecule has 132 valence electrons. The van der Waals surface area contributed by atoms with Crippen LogP contribution in [0.4, 0.5) is 0 Å². The first-order valence-electron chi connectivity index (χ1n) is 8.06. The van der Waals surface area contributed by atoms with E-state index in [4.69, 9.17) is 4.74 Å². The van der Waals surface area contributed by atoms with Gasteiger partial charge in [-0.3, -0.25) is 4.90 Å². The van der Waals surface area contributed by atoms with E-state index in [0.717, 1.165) is 22.0 Å². The number of hydrogen-bond acceptors (Lipinski definition) is 5. The van der Waals surface area contributed by atoms with Crippen LogP contribution in [0.25, 0.3) is 0 Å². The van der Waals surface area contributed by atoms with Crippen LogP contribution in [0.15, 0.2) is 23.6 Å². The predicted molar refractivity (Wildman–Crippen MR) is 100 cm³/mol. The summed E-state index contributed by atoms with van der Waals surface area (Å²) in [6, 6.07) is 6.23. The van der Waals surface area contributed by atoms with Crippen LogP contribution in [0.2, 0.25) is 0 Å². The molecular formula is C19H28N2O2S. The van der Waals surface area contributed by atoms with Crippen molar-refractivity contribution in [3.05, 3.63) is 45.4 Å². The van der Waals surface area contributed by atoms with E-state index in [9.17, 15) is 5.11 Å². The molecule has 0 saturated heterocycles. The van der Waals surface area contributed by atoms with Gasteiger partial charge in [-0.1, -0.05) is 26.8 Å². The lowest BCUT2D eigenvalue weighted by Crippen LogP contribution is -2.46. The number of rotatable bonds is 5. The monoisotopic (exact) mass is 348 g/mol. The molecule has 0 spiro atoms. The van der Waals surface area contributed by atoms with Gasteiger partial charge in [-0.2, -0.15) is 0 Å². The summed E-state index contributed by atoms with van der Waals surface area (Å²) in [6.45, 7) is 8.45. The Balaban J connectivity index is 2.79. The van der Waals surface area contributed by atoms with Crippen LogP contribution < -0.4 is 4.74 Å². The van der Waals surface area contributed by atoms with Gasteiger partial charge in [-0.05, 0) is 44.1 Å². The molecule has 1 unspecified atom stereocenters. The first-order chi connectivity index (χ1) is 11.2. The van der Waals surface area contributed by atoms with Gasteiger partial charge >= 0.3 is 0 Å². The van der Waals surface area contributed by atoms with Crippen LogP contribution in [0, 0.1) is 6.92 Å². The molecule has 1 N–H and O–H groups in total. The Bertz CT molecular complexity index is 704. The maximum absolute atomic E-state index is 10.4. The van der Waals surface area contributed by atoms with E-state index in [0.29, 0.717) is 0 Å². The Kier molecular flexibility index (Phi) is 5.37. The van der Waals surface area contributed by atoms with Crippen LogP contribution in [-0.2, 0) is 11.0 Å². The molecule has 2 aromatic rings. The minimum absolute atomic E-state index is 0.00727. The number of aryl methyl sites for hydroxylation is 1. The van der Waals surface area contributed by atoms with Gasteiger partial charge in [0.15, 0.2) is 0 Å². The van der Waals surface area contributed by atoms with Gasteiger partial charge in [0.2, 0.25) is 0 Å². The first kappa shape index (κ1) is 18.9. The largest absolute Gasteiger partial charge is 0.496 e. The van der Waals surface area contributed by atoms with Crippen LogP contribution in [0.5, 0.6) is 5.75 Å². The Morgan fingerprint density at radius 2 is 1.92 bits per heavy atom. The van der Waals surface area contributed by atoms with Crippen LogP contribution >= 0.6 is 11.3 Å². The van der Waals surface area contributed by atoms with E-state index < -0.39 is 5.54 Å². The summed E-state index contributed by atoms with van der Waals surface area (Å²) in [5, 5.41) is 13.3. The molecule has 1 atom stereocenters. The lowest BCUT2D eigenvalue weighted by atomic mass is 9.81. The van der Waals surface area contributed by atoms with Crippen molar-refractivity contribution in [2.24, 2.45) is 0 Å². The fourth-order valence-corrected chi connectivity index (χ4v) is 3.97. The fraction of sp³-hybridized carbons (Fsp3) is 0.526. The van der Waals surface area contributed by atoms with Gasteiger partial charge in [0.25, 0.3) is 0 Å². The molecule has 0 aliphatic rings. The standard InChI is InChI=1S/C19H28N2O2S/c1-13-11-24-17(20-13)19(12-22,21(5)6)15-10-14(18(2,3)4)8-9-16(15)23-7/h8-11,22H,12H2,1-7H3. The zero-order valence-corrected chi connectivity index (χ0v) is 16.5. The molecule has 0 saturated carbocycles. The number of ether oxygens (including phenoxy) is 1. The quantitative estimate of drug-likeness (QED) is 0.897. The summed E-state index contributed by atoms with van der Waals surface area (Å²) in [4.78, 5) is 6.70. The molecule has 0 aliphatic heterocycles. The van der Waals surface area contributed by atoms with Gasteiger partial charge in [0.1, 0.15) is 16.3 Å². The Morgan fingerprint density at radius 1 is 1.25 bits per heavy atom. The van der Waals surface area contributed by atoms with E-state index in [1.54, 1.807) is 18.4 Å². The number of benzene rings is 1. The van der Waals surface area contributed by atoms with Crippen molar-refractivity contribution >= 4 is 11.3 Å². The van der Waals surface area contributed by atoms with Crippen molar-refractivity contribution < 1.29 is 9.84 Å². The molecule has 0 bridgehead atoms. The molecule has 4 nitrogen and oxygen atoms in total. The fourth-order valence-electron chi connectivity index (χ4n) is 2.88. The average molecular weight is 349 g/mol. The van der Waals surface area contributed by atoms with Crippen molar-refractivity contribution in [1.29, 1.82) is 0 Å². The minimum atomic E-state index is -0.731. The highest BCUT2D eigenvalue weighted by Crippen LogP contribution is 2.42. The first-order valence-corrected chi connectivity index (χ1v) is 8.94. The number of likely N-dealkylation sites (N-methyl/N-ethyl adjacent to an activating group) is 1. The number of aromatic nitrogens is 1. The Hall–Kier alpha value is -1.43. The highest BCUT2D eigenvalue weighted by Gasteiger charge is 2.42. The molecule has 2 rings (SSSR count). The van der Waals surface area contributed by atoms with Gasteiger partial charge in [0, 0.05) is 16.6 Å². The SMILES string of the molecule is COc1ccc(C(C)(C)C)cc1C(CO)(c1nc(C)cs1)N(C)C. The van der Waals surface area contributed by atoms with Crippen molar-refractivity contribution in [3.8, 4) is 5.75 Å². The van der Waals surface area contributed by atoms with Gasteiger partial charge in [-0.25, -0.2) is 4.98 Å². The summed E-state index contributed by atoms with van der Waals surface area (Å²) in [6.07, 6.45) is 0. The van der Waals surface area contributed by atoms with Crippen LogP contribution in [0.3, 0.4) is 0 Å². The number of aliphatic hydroxyl groups excluding tert-OH is 1. The molecule has 1 aromatic carbocycles. The normalized spacial score (nSPS) is 14.7. The van der Waals surface area contributed by atoms with Crippen LogP contribution in [0.1, 0.15) is 42.6 Å². The summed E-state index contributed by atoms with van der Waals surface area (Å²) < 4.78 is 5.64. The van der Waals surface area contributed by atoms with Crippen molar-refractivity contribution in [2.75, 3.05) is 27.8 Å². The summed E-state index contributed by atoms with van der Waals surface area (Å²) in [5.41, 5.74) is 2.38. The summed E-state index contributed by atoms with van der Waals surface area (Å²) in [5.74, 6) is 0.763. The highest BCUT2D eigenvalue weighted by molar-refractivity contribution is 7.09. The molecule has 24 heavy (non-hydrogen) atoms. The van der Waals surface area contributed by atoms with Gasteiger partial charge in [0.05, 0.1) is 13.7 Å². The van der Waals surface area contributed by atoms with Crippen molar-refractivity contribution in [1.82, 2.24) is 9.88 Å². The van der Waals surface area contributed by atoms with E-state index in [1.807, 2.05) is 37.4 Å². The third kappa shape index (κ3) is 3.21. The molecule has 0 fully saturated rings. The Labute approximate surface area is 149 Å². The van der Waals surface area contributed by atoms with Gasteiger partial charge < -0.3 is 9.84 Å². The van der Waals surface area contributed by atoms with E-state index in [-0.39, 0.29) is 12.0 Å². The van der Waals surface area contributed by atoms with Gasteiger partial charge in [-0.15, -0.1) is 11.3 Å². The maximum atomic E-state index is 10.4. The van der Waals surface area contributed by atoms with E-state index in [1.165, 1.54) is 5.56 Å². The second-order valence-electron chi connectivity index (χ2n) is 7.37. The van der Waals surface area contributed by atoms with Crippen LogP contribution in [-0.4, -0.2) is 42.8 Å². The number of hydrogen-bond donors (Lipinski definition) is 1. The lowest BCUT2D eigenvalue weighted by Gasteiger charge is -2.38. The molecular weight excluding hydrogens is 320 g/mol. The second kappa shape index (κ2) is 6.82. The molecule has 0 aliphatic carbocycles.